The van der Waals surface area contributed by atoms with Crippen molar-refractivity contribution in [2.24, 2.45) is 0 Å². The first-order valence-corrected chi connectivity index (χ1v) is 6.26. The topological polar surface area (TPSA) is 26.3 Å². The molecule has 0 bridgehead atoms. The van der Waals surface area contributed by atoms with Crippen molar-refractivity contribution in [3.8, 4) is 0 Å². The highest BCUT2D eigenvalue weighted by Crippen LogP contribution is 2.23. The number of benzene rings is 1. The van der Waals surface area contributed by atoms with Gasteiger partial charge in [-0.3, -0.25) is 4.79 Å². The maximum Gasteiger partial charge on any atom is 0.310 e. The Labute approximate surface area is 107 Å². The van der Waals surface area contributed by atoms with E-state index in [1.807, 2.05) is 0 Å². The Morgan fingerprint density at radius 3 is 2.75 bits per heavy atom. The lowest BCUT2D eigenvalue weighted by Crippen LogP contribution is -2.08. The molecule has 0 amide bonds. The minimum absolute atomic E-state index is 0.00778. The van der Waals surface area contributed by atoms with Gasteiger partial charge in [0.25, 0.3) is 0 Å². The molecule has 0 N–H and O–H groups in total. The molecular weight excluding hydrogens is 298 g/mol. The predicted octanol–water partition coefficient (Wildman–Crippen LogP) is 3.48. The fourth-order valence-electron chi connectivity index (χ4n) is 1.23. The largest absolute Gasteiger partial charge is 0.466 e. The average molecular weight is 310 g/mol. The Morgan fingerprint density at radius 1 is 1.50 bits per heavy atom. The molecule has 0 radical (unpaired) electrons. The van der Waals surface area contributed by atoms with Crippen molar-refractivity contribution in [1.82, 2.24) is 0 Å². The summed E-state index contributed by atoms with van der Waals surface area (Å²) in [4.78, 5) is 11.2. The zero-order valence-corrected chi connectivity index (χ0v) is 11.1. The van der Waals surface area contributed by atoms with Gasteiger partial charge in [-0.25, -0.2) is 4.39 Å². The standard InChI is InChI=1S/C11H11BrClFO2/c1-2-16-11(15)5-7-4-10(14)8(6-12)3-9(7)13/h3-4H,2,5-6H2,1H3. The molecule has 0 aliphatic carbocycles. The van der Waals surface area contributed by atoms with Gasteiger partial charge in [-0.1, -0.05) is 27.5 Å². The third-order valence-corrected chi connectivity index (χ3v) is 2.96. The molecule has 0 aliphatic rings. The van der Waals surface area contributed by atoms with Crippen LogP contribution in [0.15, 0.2) is 12.1 Å². The molecule has 1 rings (SSSR count). The van der Waals surface area contributed by atoms with Gasteiger partial charge < -0.3 is 4.74 Å². The van der Waals surface area contributed by atoms with Crippen molar-refractivity contribution in [1.29, 1.82) is 0 Å². The number of alkyl halides is 1. The van der Waals surface area contributed by atoms with E-state index in [1.54, 1.807) is 6.92 Å². The maximum absolute atomic E-state index is 13.4. The molecule has 1 aromatic rings. The highest BCUT2D eigenvalue weighted by molar-refractivity contribution is 9.08. The number of ether oxygens (including phenoxy) is 1. The smallest absolute Gasteiger partial charge is 0.310 e. The number of carbonyl (C=O) groups is 1. The van der Waals surface area contributed by atoms with E-state index < -0.39 is 5.97 Å². The molecule has 0 aromatic heterocycles. The normalized spacial score (nSPS) is 10.2. The van der Waals surface area contributed by atoms with E-state index in [4.69, 9.17) is 16.3 Å². The van der Waals surface area contributed by atoms with Gasteiger partial charge in [0.1, 0.15) is 5.82 Å². The summed E-state index contributed by atoms with van der Waals surface area (Å²) in [5, 5.41) is 0.766. The van der Waals surface area contributed by atoms with Crippen LogP contribution in [0.25, 0.3) is 0 Å². The van der Waals surface area contributed by atoms with E-state index in [0.717, 1.165) is 0 Å². The van der Waals surface area contributed by atoms with E-state index in [-0.39, 0.29) is 12.2 Å². The Bertz CT molecular complexity index is 396. The van der Waals surface area contributed by atoms with Crippen molar-refractivity contribution >= 4 is 33.5 Å². The molecule has 5 heteroatoms. The van der Waals surface area contributed by atoms with Crippen molar-refractivity contribution in [2.75, 3.05) is 6.61 Å². The van der Waals surface area contributed by atoms with E-state index in [1.165, 1.54) is 12.1 Å². The molecule has 0 fully saturated rings. The highest BCUT2D eigenvalue weighted by Gasteiger charge is 2.11. The molecule has 2 nitrogen and oxygen atoms in total. The monoisotopic (exact) mass is 308 g/mol. The molecule has 0 spiro atoms. The van der Waals surface area contributed by atoms with Crippen LogP contribution in [0.1, 0.15) is 18.1 Å². The summed E-state index contributed by atoms with van der Waals surface area (Å²) in [5.41, 5.74) is 0.917. The Balaban J connectivity index is 2.89. The fourth-order valence-corrected chi connectivity index (χ4v) is 1.92. The SMILES string of the molecule is CCOC(=O)Cc1cc(F)c(CBr)cc1Cl. The zero-order valence-electron chi connectivity index (χ0n) is 8.73. The summed E-state index contributed by atoms with van der Waals surface area (Å²) in [5.74, 6) is -0.782. The van der Waals surface area contributed by atoms with E-state index in [2.05, 4.69) is 15.9 Å². The van der Waals surface area contributed by atoms with Crippen molar-refractivity contribution in [3.05, 3.63) is 34.1 Å². The van der Waals surface area contributed by atoms with Crippen molar-refractivity contribution in [2.45, 2.75) is 18.7 Å². The van der Waals surface area contributed by atoms with Gasteiger partial charge in [-0.05, 0) is 30.2 Å². The third-order valence-electron chi connectivity index (χ3n) is 2.00. The lowest BCUT2D eigenvalue weighted by atomic mass is 10.1. The lowest BCUT2D eigenvalue weighted by Gasteiger charge is -2.07. The molecule has 0 aliphatic heterocycles. The average Bonchev–Trinajstić information content (AvgIpc) is 2.23. The van der Waals surface area contributed by atoms with Crippen LogP contribution < -0.4 is 0 Å². The molecule has 16 heavy (non-hydrogen) atoms. The molecule has 0 atom stereocenters. The second-order valence-electron chi connectivity index (χ2n) is 3.15. The van der Waals surface area contributed by atoms with Crippen molar-refractivity contribution < 1.29 is 13.9 Å². The molecule has 1 aromatic carbocycles. The van der Waals surface area contributed by atoms with Crippen molar-refractivity contribution in [3.63, 3.8) is 0 Å². The highest BCUT2D eigenvalue weighted by atomic mass is 79.9. The first-order valence-electron chi connectivity index (χ1n) is 4.76. The molecule has 0 unspecified atom stereocenters. The molecule has 0 saturated carbocycles. The second-order valence-corrected chi connectivity index (χ2v) is 4.12. The quantitative estimate of drug-likeness (QED) is 0.629. The molecule has 88 valence electrons. The van der Waals surface area contributed by atoms with Crippen LogP contribution >= 0.6 is 27.5 Å². The summed E-state index contributed by atoms with van der Waals surface area (Å²) < 4.78 is 18.2. The summed E-state index contributed by atoms with van der Waals surface area (Å²) >= 11 is 9.08. The number of esters is 1. The van der Waals surface area contributed by atoms with Gasteiger partial charge in [0.05, 0.1) is 13.0 Å². The summed E-state index contributed by atoms with van der Waals surface area (Å²) in [7, 11) is 0. The van der Waals surface area contributed by atoms with Gasteiger partial charge in [-0.2, -0.15) is 0 Å². The lowest BCUT2D eigenvalue weighted by molar-refractivity contribution is -0.142. The summed E-state index contributed by atoms with van der Waals surface area (Å²) in [6, 6.07) is 2.79. The van der Waals surface area contributed by atoms with Crippen LogP contribution in [0.2, 0.25) is 5.02 Å². The van der Waals surface area contributed by atoms with Crippen LogP contribution in [0.3, 0.4) is 0 Å². The van der Waals surface area contributed by atoms with Crippen LogP contribution in [-0.4, -0.2) is 12.6 Å². The number of carbonyl (C=O) groups excluding carboxylic acids is 1. The second kappa shape index (κ2) is 6.21. The van der Waals surface area contributed by atoms with Gasteiger partial charge in [0, 0.05) is 10.4 Å². The minimum Gasteiger partial charge on any atom is -0.466 e. The van der Waals surface area contributed by atoms with Crippen LogP contribution in [0, 0.1) is 5.82 Å². The minimum atomic E-state index is -0.407. The molecular formula is C11H11BrClFO2. The predicted molar refractivity (Wildman–Crippen MR) is 64.4 cm³/mol. The molecule has 0 saturated heterocycles. The van der Waals surface area contributed by atoms with Crippen LogP contribution in [0.5, 0.6) is 0 Å². The van der Waals surface area contributed by atoms with E-state index >= 15 is 0 Å². The Hall–Kier alpha value is -0.610. The maximum atomic E-state index is 13.4. The number of hydrogen-bond donors (Lipinski definition) is 0. The Morgan fingerprint density at radius 2 is 2.19 bits per heavy atom. The van der Waals surface area contributed by atoms with Crippen LogP contribution in [0.4, 0.5) is 4.39 Å². The molecule has 0 heterocycles. The number of hydrogen-bond acceptors (Lipinski definition) is 2. The number of halogens is 3. The van der Waals surface area contributed by atoms with E-state index in [9.17, 15) is 9.18 Å². The summed E-state index contributed by atoms with van der Waals surface area (Å²) in [6.07, 6.45) is -0.00778. The zero-order chi connectivity index (χ0) is 12.1. The summed E-state index contributed by atoms with van der Waals surface area (Å²) in [6.45, 7) is 2.02. The Kier molecular flexibility index (Phi) is 5.22. The van der Waals surface area contributed by atoms with Crippen LogP contribution in [-0.2, 0) is 21.3 Å². The van der Waals surface area contributed by atoms with Gasteiger partial charge in [0.2, 0.25) is 0 Å². The van der Waals surface area contributed by atoms with Gasteiger partial charge in [-0.15, -0.1) is 0 Å². The van der Waals surface area contributed by atoms with Gasteiger partial charge in [0.15, 0.2) is 0 Å². The number of rotatable bonds is 4. The first kappa shape index (κ1) is 13.5. The fraction of sp³-hybridized carbons (Fsp3) is 0.364. The van der Waals surface area contributed by atoms with E-state index in [0.29, 0.717) is 28.1 Å². The third kappa shape index (κ3) is 3.46. The first-order chi connectivity index (χ1) is 7.58. The van der Waals surface area contributed by atoms with Gasteiger partial charge >= 0.3 is 5.97 Å².